The number of nitrogens with one attached hydrogen (secondary N) is 3. The number of aromatic nitrogens is 2. The van der Waals surface area contributed by atoms with Gasteiger partial charge in [0.05, 0.1) is 34.0 Å². The Balaban J connectivity index is 2.04. The van der Waals surface area contributed by atoms with Crippen molar-refractivity contribution in [1.29, 1.82) is 5.26 Å². The molecule has 28 heavy (non-hydrogen) atoms. The number of benzene rings is 1. The largest absolute Gasteiger partial charge is 0.390 e. The lowest BCUT2D eigenvalue weighted by atomic mass is 10.1. The monoisotopic (exact) mass is 379 g/mol. The molecule has 0 fully saturated rings. The lowest BCUT2D eigenvalue weighted by Crippen LogP contribution is -2.31. The van der Waals surface area contributed by atoms with Crippen LogP contribution in [-0.4, -0.2) is 39.2 Å². The van der Waals surface area contributed by atoms with E-state index in [9.17, 15) is 9.90 Å². The molecule has 1 aromatic carbocycles. The van der Waals surface area contributed by atoms with Gasteiger partial charge in [0.25, 0.3) is 5.91 Å². The predicted octanol–water partition coefficient (Wildman–Crippen LogP) is 3.30. The molecule has 1 amide bonds. The number of hydrogen-bond acceptors (Lipinski definition) is 5. The zero-order valence-electron chi connectivity index (χ0n) is 16.6. The van der Waals surface area contributed by atoms with E-state index < -0.39 is 5.60 Å². The van der Waals surface area contributed by atoms with Crippen molar-refractivity contribution < 1.29 is 9.90 Å². The average Bonchev–Trinajstić information content (AvgIpc) is 2.98. The lowest BCUT2D eigenvalue weighted by molar-refractivity contribution is 0.0692. The summed E-state index contributed by atoms with van der Waals surface area (Å²) in [5, 5.41) is 26.0. The lowest BCUT2D eigenvalue weighted by Gasteiger charge is -2.17. The van der Waals surface area contributed by atoms with Gasteiger partial charge >= 0.3 is 0 Å². The molecule has 0 aliphatic rings. The van der Waals surface area contributed by atoms with E-state index in [1.807, 2.05) is 19.9 Å². The number of aliphatic hydroxyl groups is 1. The first-order chi connectivity index (χ1) is 13.2. The highest BCUT2D eigenvalue weighted by Gasteiger charge is 2.18. The maximum Gasteiger partial charge on any atom is 0.269 e. The summed E-state index contributed by atoms with van der Waals surface area (Å²) in [7, 11) is 0. The Morgan fingerprint density at radius 2 is 2.11 bits per heavy atom. The zero-order valence-corrected chi connectivity index (χ0v) is 16.6. The van der Waals surface area contributed by atoms with Crippen LogP contribution in [0.15, 0.2) is 24.3 Å². The molecule has 0 unspecified atom stereocenters. The van der Waals surface area contributed by atoms with E-state index in [4.69, 9.17) is 5.26 Å². The van der Waals surface area contributed by atoms with Crippen LogP contribution >= 0.6 is 0 Å². The number of rotatable bonds is 6. The van der Waals surface area contributed by atoms with Crippen LogP contribution in [0.4, 0.5) is 5.69 Å². The fourth-order valence-electron chi connectivity index (χ4n) is 3.04. The Morgan fingerprint density at radius 3 is 2.75 bits per heavy atom. The second-order valence-electron chi connectivity index (χ2n) is 7.89. The number of carbonyl (C=O) groups is 1. The van der Waals surface area contributed by atoms with Gasteiger partial charge < -0.3 is 20.7 Å². The summed E-state index contributed by atoms with van der Waals surface area (Å²) in [4.78, 5) is 20.5. The number of nitriles is 1. The summed E-state index contributed by atoms with van der Waals surface area (Å²) in [6, 6.07) is 9.38. The Morgan fingerprint density at radius 1 is 1.36 bits per heavy atom. The van der Waals surface area contributed by atoms with E-state index in [1.165, 1.54) is 0 Å². The highest BCUT2D eigenvalue weighted by molar-refractivity contribution is 6.11. The molecule has 7 nitrogen and oxygen atoms in total. The van der Waals surface area contributed by atoms with Crippen LogP contribution in [0, 0.1) is 11.3 Å². The number of pyridine rings is 1. The third-order valence-corrected chi connectivity index (χ3v) is 4.38. The summed E-state index contributed by atoms with van der Waals surface area (Å²) >= 11 is 0. The van der Waals surface area contributed by atoms with Crippen LogP contribution < -0.4 is 10.6 Å². The second kappa shape index (κ2) is 7.49. The zero-order chi connectivity index (χ0) is 20.5. The number of aromatic amines is 1. The summed E-state index contributed by atoms with van der Waals surface area (Å²) in [6.07, 6.45) is 0.447. The maximum absolute atomic E-state index is 12.6. The topological polar surface area (TPSA) is 114 Å². The molecule has 146 valence electrons. The molecule has 0 radical (unpaired) electrons. The third-order valence-electron chi connectivity index (χ3n) is 4.38. The summed E-state index contributed by atoms with van der Waals surface area (Å²) in [5.41, 5.74) is 3.07. The van der Waals surface area contributed by atoms with Crippen LogP contribution in [0.5, 0.6) is 0 Å². The number of nitrogens with zero attached hydrogens (tertiary/aromatic N) is 2. The number of fused-ring (bicyclic) bond motifs is 3. The van der Waals surface area contributed by atoms with Gasteiger partial charge in [0.1, 0.15) is 5.69 Å². The molecule has 0 saturated carbocycles. The molecular weight excluding hydrogens is 354 g/mol. The summed E-state index contributed by atoms with van der Waals surface area (Å²) < 4.78 is 0. The van der Waals surface area contributed by atoms with Gasteiger partial charge in [-0.05, 0) is 58.4 Å². The van der Waals surface area contributed by atoms with Crippen molar-refractivity contribution in [3.8, 4) is 6.07 Å². The number of H-pyrrole nitrogens is 1. The van der Waals surface area contributed by atoms with Crippen LogP contribution in [0.25, 0.3) is 21.9 Å². The predicted molar refractivity (Wildman–Crippen MR) is 110 cm³/mol. The first-order valence-corrected chi connectivity index (χ1v) is 9.31. The van der Waals surface area contributed by atoms with Crippen LogP contribution in [0.2, 0.25) is 0 Å². The molecule has 2 aromatic heterocycles. The molecule has 4 N–H and O–H groups in total. The van der Waals surface area contributed by atoms with Gasteiger partial charge in [-0.2, -0.15) is 5.26 Å². The first-order valence-electron chi connectivity index (χ1n) is 9.31. The Hall–Kier alpha value is -3.11. The number of carbonyl (C=O) groups excluding carboxylic acids is 1. The van der Waals surface area contributed by atoms with Gasteiger partial charge in [0.15, 0.2) is 0 Å². The third kappa shape index (κ3) is 4.24. The van der Waals surface area contributed by atoms with Crippen molar-refractivity contribution in [1.82, 2.24) is 15.3 Å². The van der Waals surface area contributed by atoms with Crippen molar-refractivity contribution >= 4 is 33.5 Å². The fourth-order valence-corrected chi connectivity index (χ4v) is 3.04. The minimum absolute atomic E-state index is 0.165. The highest BCUT2D eigenvalue weighted by atomic mass is 16.3. The summed E-state index contributed by atoms with van der Waals surface area (Å²) in [5.74, 6) is -0.291. The Kier molecular flexibility index (Phi) is 5.25. The molecule has 3 rings (SSSR count). The number of anilines is 1. The van der Waals surface area contributed by atoms with Crippen LogP contribution in [0.3, 0.4) is 0 Å². The Labute approximate surface area is 163 Å². The van der Waals surface area contributed by atoms with Gasteiger partial charge in [0.2, 0.25) is 0 Å². The first kappa shape index (κ1) is 19.6. The van der Waals surface area contributed by atoms with Crippen LogP contribution in [0.1, 0.15) is 50.2 Å². The molecule has 0 spiro atoms. The van der Waals surface area contributed by atoms with Crippen molar-refractivity contribution in [2.45, 2.75) is 45.8 Å². The standard InChI is InChI=1S/C21H25N5O2/c1-12(2)24-16-10-17(20(27)23-8-7-21(3,4)28)26-18-14-6-5-13(11-22)9-15(14)25-19(16)18/h5-6,9-10,12,25,28H,7-8H2,1-4H3,(H,23,27)(H,24,26). The summed E-state index contributed by atoms with van der Waals surface area (Å²) in [6.45, 7) is 7.80. The minimum Gasteiger partial charge on any atom is -0.390 e. The smallest absolute Gasteiger partial charge is 0.269 e. The SMILES string of the molecule is CC(C)Nc1cc(C(=O)NCCC(C)(C)O)nc2c1[nH]c1cc(C#N)ccc12. The van der Waals surface area contributed by atoms with Crippen molar-refractivity contribution in [2.75, 3.05) is 11.9 Å². The molecule has 0 aliphatic heterocycles. The molecular formula is C21H25N5O2. The van der Waals surface area contributed by atoms with Gasteiger partial charge in [-0.25, -0.2) is 4.98 Å². The average molecular weight is 379 g/mol. The van der Waals surface area contributed by atoms with Gasteiger partial charge in [0, 0.05) is 23.5 Å². The maximum atomic E-state index is 12.6. The number of amides is 1. The van der Waals surface area contributed by atoms with Crippen molar-refractivity contribution in [2.24, 2.45) is 0 Å². The second-order valence-corrected chi connectivity index (χ2v) is 7.89. The van der Waals surface area contributed by atoms with Crippen molar-refractivity contribution in [3.63, 3.8) is 0 Å². The normalized spacial score (nSPS) is 11.8. The molecule has 3 aromatic rings. The van der Waals surface area contributed by atoms with Crippen molar-refractivity contribution in [3.05, 3.63) is 35.5 Å². The quantitative estimate of drug-likeness (QED) is 0.525. The van der Waals surface area contributed by atoms with E-state index >= 15 is 0 Å². The fraction of sp³-hybridized carbons (Fsp3) is 0.381. The molecule has 0 saturated heterocycles. The van der Waals surface area contributed by atoms with E-state index in [1.54, 1.807) is 32.0 Å². The molecule has 0 bridgehead atoms. The van der Waals surface area contributed by atoms with Gasteiger partial charge in [-0.1, -0.05) is 0 Å². The molecule has 0 aliphatic carbocycles. The number of hydrogen-bond donors (Lipinski definition) is 4. The molecule has 2 heterocycles. The Bertz CT molecular complexity index is 1070. The van der Waals surface area contributed by atoms with Gasteiger partial charge in [-0.15, -0.1) is 0 Å². The highest BCUT2D eigenvalue weighted by Crippen LogP contribution is 2.30. The van der Waals surface area contributed by atoms with E-state index in [0.717, 1.165) is 22.1 Å². The molecule has 7 heteroatoms. The molecule has 0 atom stereocenters. The van der Waals surface area contributed by atoms with Crippen LogP contribution in [-0.2, 0) is 0 Å². The van der Waals surface area contributed by atoms with E-state index in [2.05, 4.69) is 26.7 Å². The van der Waals surface area contributed by atoms with E-state index in [-0.39, 0.29) is 11.9 Å². The van der Waals surface area contributed by atoms with Gasteiger partial charge in [-0.3, -0.25) is 4.79 Å². The van der Waals surface area contributed by atoms with E-state index in [0.29, 0.717) is 29.7 Å². The minimum atomic E-state index is -0.843.